The molecule has 0 aliphatic heterocycles. The third kappa shape index (κ3) is 1.84. The Morgan fingerprint density at radius 1 is 1.47 bits per heavy atom. The van der Waals surface area contributed by atoms with Crippen molar-refractivity contribution in [3.05, 3.63) is 29.1 Å². The Labute approximate surface area is 89.4 Å². The zero-order chi connectivity index (χ0) is 10.8. The van der Waals surface area contributed by atoms with E-state index >= 15 is 0 Å². The van der Waals surface area contributed by atoms with Crippen molar-refractivity contribution in [3.8, 4) is 5.75 Å². The van der Waals surface area contributed by atoms with Crippen LogP contribution in [0.2, 0.25) is 0 Å². The van der Waals surface area contributed by atoms with E-state index in [1.165, 1.54) is 12.7 Å². The van der Waals surface area contributed by atoms with Gasteiger partial charge in [0.1, 0.15) is 0 Å². The van der Waals surface area contributed by atoms with Crippen LogP contribution in [0.5, 0.6) is 5.75 Å². The third-order valence-corrected chi connectivity index (χ3v) is 3.08. The molecule has 2 nitrogen and oxygen atoms in total. The van der Waals surface area contributed by atoms with Crippen LogP contribution in [0.15, 0.2) is 12.1 Å². The number of fused-ring (bicyclic) bond motifs is 1. The van der Waals surface area contributed by atoms with Crippen molar-refractivity contribution in [1.29, 1.82) is 0 Å². The molecule has 1 aliphatic rings. The fourth-order valence-electron chi connectivity index (χ4n) is 2.26. The quantitative estimate of drug-likeness (QED) is 0.807. The van der Waals surface area contributed by atoms with E-state index in [9.17, 15) is 4.39 Å². The van der Waals surface area contributed by atoms with Gasteiger partial charge in [-0.05, 0) is 49.6 Å². The van der Waals surface area contributed by atoms with E-state index in [2.05, 4.69) is 5.32 Å². The van der Waals surface area contributed by atoms with Gasteiger partial charge < -0.3 is 10.1 Å². The maximum atomic E-state index is 13.5. The number of aryl methyl sites for hydroxylation is 1. The number of halogens is 1. The summed E-state index contributed by atoms with van der Waals surface area (Å²) >= 11 is 0. The number of hydrogen-bond acceptors (Lipinski definition) is 2. The van der Waals surface area contributed by atoms with E-state index < -0.39 is 0 Å². The SMILES string of the molecule is CNC1CCCc2cc(OC)c(F)cc21. The summed E-state index contributed by atoms with van der Waals surface area (Å²) in [6, 6.07) is 3.72. The molecule has 0 radical (unpaired) electrons. The van der Waals surface area contributed by atoms with Gasteiger partial charge in [0.15, 0.2) is 11.6 Å². The second kappa shape index (κ2) is 4.19. The molecule has 0 heterocycles. The largest absolute Gasteiger partial charge is 0.494 e. The number of hydrogen-bond donors (Lipinski definition) is 1. The van der Waals surface area contributed by atoms with Crippen LogP contribution in [0, 0.1) is 5.82 Å². The van der Waals surface area contributed by atoms with Crippen molar-refractivity contribution < 1.29 is 9.13 Å². The summed E-state index contributed by atoms with van der Waals surface area (Å²) in [6.45, 7) is 0. The van der Waals surface area contributed by atoms with Gasteiger partial charge >= 0.3 is 0 Å². The molecular formula is C12H16FNO. The monoisotopic (exact) mass is 209 g/mol. The summed E-state index contributed by atoms with van der Waals surface area (Å²) in [4.78, 5) is 0. The van der Waals surface area contributed by atoms with Gasteiger partial charge in [-0.3, -0.25) is 0 Å². The minimum Gasteiger partial charge on any atom is -0.494 e. The average molecular weight is 209 g/mol. The summed E-state index contributed by atoms with van der Waals surface area (Å²) in [5, 5.41) is 3.22. The molecule has 2 rings (SSSR count). The topological polar surface area (TPSA) is 21.3 Å². The van der Waals surface area contributed by atoms with Gasteiger partial charge in [0, 0.05) is 6.04 Å². The zero-order valence-corrected chi connectivity index (χ0v) is 9.14. The molecule has 1 aromatic carbocycles. The molecule has 1 aliphatic carbocycles. The van der Waals surface area contributed by atoms with Crippen LogP contribution in [0.3, 0.4) is 0 Å². The lowest BCUT2D eigenvalue weighted by Gasteiger charge is -2.25. The minimum atomic E-state index is -0.265. The Kier molecular flexibility index (Phi) is 2.91. The van der Waals surface area contributed by atoms with Crippen LogP contribution in [-0.4, -0.2) is 14.2 Å². The van der Waals surface area contributed by atoms with E-state index in [0.29, 0.717) is 5.75 Å². The summed E-state index contributed by atoms with van der Waals surface area (Å²) in [5.74, 6) is 0.0869. The summed E-state index contributed by atoms with van der Waals surface area (Å²) in [7, 11) is 3.42. The fourth-order valence-corrected chi connectivity index (χ4v) is 2.26. The predicted molar refractivity (Wildman–Crippen MR) is 57.7 cm³/mol. The third-order valence-electron chi connectivity index (χ3n) is 3.08. The van der Waals surface area contributed by atoms with E-state index in [1.54, 1.807) is 6.07 Å². The Balaban J connectivity index is 2.45. The number of nitrogens with one attached hydrogen (secondary N) is 1. The number of rotatable bonds is 2. The van der Waals surface area contributed by atoms with Crippen molar-refractivity contribution in [2.75, 3.05) is 14.2 Å². The molecule has 82 valence electrons. The van der Waals surface area contributed by atoms with Crippen molar-refractivity contribution in [1.82, 2.24) is 5.32 Å². The molecule has 0 saturated carbocycles. The smallest absolute Gasteiger partial charge is 0.165 e. The summed E-state index contributed by atoms with van der Waals surface area (Å²) < 4.78 is 18.5. The first-order valence-electron chi connectivity index (χ1n) is 5.30. The molecule has 1 unspecified atom stereocenters. The fraction of sp³-hybridized carbons (Fsp3) is 0.500. The molecule has 0 saturated heterocycles. The molecule has 1 N–H and O–H groups in total. The van der Waals surface area contributed by atoms with Crippen LogP contribution >= 0.6 is 0 Å². The molecular weight excluding hydrogens is 193 g/mol. The first-order valence-corrected chi connectivity index (χ1v) is 5.30. The minimum absolute atomic E-state index is 0.265. The molecule has 0 bridgehead atoms. The molecule has 15 heavy (non-hydrogen) atoms. The lowest BCUT2D eigenvalue weighted by Crippen LogP contribution is -2.21. The summed E-state index contributed by atoms with van der Waals surface area (Å²) in [5.41, 5.74) is 2.29. The molecule has 0 spiro atoms. The van der Waals surface area contributed by atoms with E-state index in [-0.39, 0.29) is 11.9 Å². The predicted octanol–water partition coefficient (Wildman–Crippen LogP) is 2.43. The Morgan fingerprint density at radius 3 is 2.93 bits per heavy atom. The second-order valence-corrected chi connectivity index (χ2v) is 3.92. The van der Waals surface area contributed by atoms with Crippen LogP contribution in [0.4, 0.5) is 4.39 Å². The first kappa shape index (κ1) is 10.4. The van der Waals surface area contributed by atoms with Crippen LogP contribution in [0.1, 0.15) is 30.0 Å². The Morgan fingerprint density at radius 2 is 2.27 bits per heavy atom. The number of benzene rings is 1. The highest BCUT2D eigenvalue weighted by Gasteiger charge is 2.21. The summed E-state index contributed by atoms with van der Waals surface area (Å²) in [6.07, 6.45) is 3.24. The van der Waals surface area contributed by atoms with Gasteiger partial charge in [-0.1, -0.05) is 0 Å². The molecule has 0 aromatic heterocycles. The molecule has 0 amide bonds. The lowest BCUT2D eigenvalue weighted by molar-refractivity contribution is 0.382. The van der Waals surface area contributed by atoms with Crippen LogP contribution in [0.25, 0.3) is 0 Å². The highest BCUT2D eigenvalue weighted by Crippen LogP contribution is 2.33. The van der Waals surface area contributed by atoms with Gasteiger partial charge in [0.25, 0.3) is 0 Å². The normalized spacial score (nSPS) is 19.8. The highest BCUT2D eigenvalue weighted by molar-refractivity contribution is 5.40. The Hall–Kier alpha value is -1.09. The van der Waals surface area contributed by atoms with Crippen molar-refractivity contribution >= 4 is 0 Å². The molecule has 0 fully saturated rings. The molecule has 3 heteroatoms. The molecule has 1 atom stereocenters. The number of methoxy groups -OCH3 is 1. The van der Waals surface area contributed by atoms with E-state index in [1.807, 2.05) is 13.1 Å². The molecule has 1 aromatic rings. The van der Waals surface area contributed by atoms with Gasteiger partial charge in [-0.15, -0.1) is 0 Å². The van der Waals surface area contributed by atoms with Crippen LogP contribution < -0.4 is 10.1 Å². The van der Waals surface area contributed by atoms with Gasteiger partial charge in [-0.25, -0.2) is 4.39 Å². The first-order chi connectivity index (χ1) is 7.26. The lowest BCUT2D eigenvalue weighted by atomic mass is 9.87. The second-order valence-electron chi connectivity index (χ2n) is 3.92. The number of ether oxygens (including phenoxy) is 1. The van der Waals surface area contributed by atoms with Crippen LogP contribution in [-0.2, 0) is 6.42 Å². The van der Waals surface area contributed by atoms with Gasteiger partial charge in [-0.2, -0.15) is 0 Å². The van der Waals surface area contributed by atoms with Crippen molar-refractivity contribution in [2.24, 2.45) is 0 Å². The zero-order valence-electron chi connectivity index (χ0n) is 9.14. The Bertz CT molecular complexity index is 365. The maximum absolute atomic E-state index is 13.5. The van der Waals surface area contributed by atoms with Crippen molar-refractivity contribution in [3.63, 3.8) is 0 Å². The highest BCUT2D eigenvalue weighted by atomic mass is 19.1. The van der Waals surface area contributed by atoms with Gasteiger partial charge in [0.2, 0.25) is 0 Å². The standard InChI is InChI=1S/C12H16FNO/c1-14-11-5-3-4-8-6-12(15-2)10(13)7-9(8)11/h6-7,11,14H,3-5H2,1-2H3. The van der Waals surface area contributed by atoms with Gasteiger partial charge in [0.05, 0.1) is 7.11 Å². The van der Waals surface area contributed by atoms with E-state index in [4.69, 9.17) is 4.74 Å². The maximum Gasteiger partial charge on any atom is 0.165 e. The van der Waals surface area contributed by atoms with E-state index in [0.717, 1.165) is 24.8 Å². The van der Waals surface area contributed by atoms with Crippen molar-refractivity contribution in [2.45, 2.75) is 25.3 Å². The average Bonchev–Trinajstić information content (AvgIpc) is 2.27.